The number of pyridine rings is 1. The molecule has 0 saturated carbocycles. The second-order valence-corrected chi connectivity index (χ2v) is 8.90. The van der Waals surface area contributed by atoms with Crippen LogP contribution in [0.15, 0.2) is 23.4 Å². The van der Waals surface area contributed by atoms with Crippen molar-refractivity contribution in [2.24, 2.45) is 5.11 Å². The molecule has 200 valence electrons. The number of aromatic nitrogens is 3. The molecule has 0 amide bonds. The van der Waals surface area contributed by atoms with Gasteiger partial charge in [0, 0.05) is 49.4 Å². The molecule has 1 N–H and O–H groups in total. The molecule has 0 radical (unpaired) electrons. The maximum absolute atomic E-state index is 15.3. The quantitative estimate of drug-likeness (QED) is 0.263. The van der Waals surface area contributed by atoms with Crippen molar-refractivity contribution in [3.63, 3.8) is 0 Å². The predicted molar refractivity (Wildman–Crippen MR) is 135 cm³/mol. The SMILES string of the molecule is COc1cc(OC)c(F)c(-c2cc3cnc(N[C@@H]4COCC[C@@H]4N=[N+]=[N-])nc3c(N3CC(OC)C3)n2)c1F. The van der Waals surface area contributed by atoms with Gasteiger partial charge in [0.1, 0.15) is 5.52 Å². The summed E-state index contributed by atoms with van der Waals surface area (Å²) in [7, 11) is 4.19. The summed E-state index contributed by atoms with van der Waals surface area (Å²) >= 11 is 0. The Bertz CT molecular complexity index is 1370. The Balaban J connectivity index is 1.61. The zero-order chi connectivity index (χ0) is 26.8. The maximum atomic E-state index is 15.3. The molecule has 4 heterocycles. The number of hydrogen-bond acceptors (Lipinski definition) is 10. The first-order valence-corrected chi connectivity index (χ1v) is 11.9. The average molecular weight is 529 g/mol. The third kappa shape index (κ3) is 4.69. The maximum Gasteiger partial charge on any atom is 0.223 e. The van der Waals surface area contributed by atoms with Crippen LogP contribution >= 0.6 is 0 Å². The fourth-order valence-corrected chi connectivity index (χ4v) is 4.55. The van der Waals surface area contributed by atoms with Crippen LogP contribution in [0.25, 0.3) is 32.6 Å². The Labute approximate surface area is 216 Å². The molecule has 0 spiro atoms. The lowest BCUT2D eigenvalue weighted by Gasteiger charge is -2.39. The minimum atomic E-state index is -0.900. The van der Waals surface area contributed by atoms with E-state index in [1.54, 1.807) is 13.3 Å². The van der Waals surface area contributed by atoms with Gasteiger partial charge >= 0.3 is 0 Å². The van der Waals surface area contributed by atoms with Gasteiger partial charge in [-0.05, 0) is 18.0 Å². The van der Waals surface area contributed by atoms with Crippen molar-refractivity contribution >= 4 is 22.7 Å². The predicted octanol–water partition coefficient (Wildman–Crippen LogP) is 3.70. The summed E-state index contributed by atoms with van der Waals surface area (Å²) in [5, 5.41) is 7.56. The van der Waals surface area contributed by atoms with Crippen LogP contribution < -0.4 is 19.7 Å². The molecule has 14 heteroatoms. The monoisotopic (exact) mass is 528 g/mol. The molecule has 0 bridgehead atoms. The Morgan fingerprint density at radius 2 is 1.87 bits per heavy atom. The van der Waals surface area contributed by atoms with Crippen LogP contribution in [0.1, 0.15) is 6.42 Å². The fraction of sp³-hybridized carbons (Fsp3) is 0.458. The Morgan fingerprint density at radius 3 is 2.53 bits per heavy atom. The van der Waals surface area contributed by atoms with Crippen molar-refractivity contribution in [3.05, 3.63) is 40.4 Å². The number of fused-ring (bicyclic) bond motifs is 1. The molecule has 2 fully saturated rings. The minimum absolute atomic E-state index is 0.00989. The molecular formula is C24H26F2N8O4. The number of benzene rings is 1. The summed E-state index contributed by atoms with van der Waals surface area (Å²) in [5.74, 6) is -1.45. The highest BCUT2D eigenvalue weighted by Gasteiger charge is 2.32. The molecule has 2 aliphatic rings. The smallest absolute Gasteiger partial charge is 0.223 e. The molecule has 1 aromatic carbocycles. The summed E-state index contributed by atoms with van der Waals surface area (Å²) < 4.78 is 51.8. The van der Waals surface area contributed by atoms with E-state index >= 15 is 8.78 Å². The normalized spacial score (nSPS) is 19.6. The van der Waals surface area contributed by atoms with E-state index < -0.39 is 11.6 Å². The fourth-order valence-electron chi connectivity index (χ4n) is 4.55. The summed E-state index contributed by atoms with van der Waals surface area (Å²) in [6, 6.07) is 2.03. The van der Waals surface area contributed by atoms with Crippen molar-refractivity contribution in [1.82, 2.24) is 15.0 Å². The van der Waals surface area contributed by atoms with Gasteiger partial charge in [-0.2, -0.15) is 0 Å². The van der Waals surface area contributed by atoms with Gasteiger partial charge in [-0.3, -0.25) is 0 Å². The van der Waals surface area contributed by atoms with Crippen LogP contribution in [0.3, 0.4) is 0 Å². The molecule has 5 rings (SSSR count). The Kier molecular flexibility index (Phi) is 7.27. The molecule has 12 nitrogen and oxygen atoms in total. The number of halogens is 2. The zero-order valence-corrected chi connectivity index (χ0v) is 21.0. The van der Waals surface area contributed by atoms with Crippen LogP contribution in [-0.2, 0) is 9.47 Å². The largest absolute Gasteiger partial charge is 0.494 e. The lowest BCUT2D eigenvalue weighted by atomic mass is 10.0. The van der Waals surface area contributed by atoms with E-state index in [0.717, 1.165) is 6.07 Å². The Morgan fingerprint density at radius 1 is 1.13 bits per heavy atom. The van der Waals surface area contributed by atoms with Crippen molar-refractivity contribution in [2.45, 2.75) is 24.6 Å². The molecule has 2 aromatic heterocycles. The standard InChI is InChI=1S/C24H26F2N8O4/c1-35-13-9-34(10-13)23-22-12(8-28-24(31-22)30-16-11-38-5-4-14(16)32-33-27)6-15(29-23)19-20(25)17(36-2)7-18(37-3)21(19)26/h6-8,13-14,16H,4-5,9-11H2,1-3H3,(H,28,30,31)/t14-,16+/m0/s1. The molecule has 2 saturated heterocycles. The lowest BCUT2D eigenvalue weighted by Crippen LogP contribution is -2.52. The number of hydrogen-bond donors (Lipinski definition) is 1. The van der Waals surface area contributed by atoms with Gasteiger partial charge in [0.05, 0.1) is 50.3 Å². The molecule has 0 unspecified atom stereocenters. The van der Waals surface area contributed by atoms with Crippen LogP contribution in [0.4, 0.5) is 20.5 Å². The van der Waals surface area contributed by atoms with Gasteiger partial charge < -0.3 is 29.2 Å². The molecule has 2 atom stereocenters. The number of nitrogens with zero attached hydrogens (tertiary/aromatic N) is 7. The van der Waals surface area contributed by atoms with Gasteiger partial charge in [0.2, 0.25) is 5.95 Å². The number of ether oxygens (including phenoxy) is 4. The molecule has 2 aliphatic heterocycles. The van der Waals surface area contributed by atoms with E-state index in [1.165, 1.54) is 20.3 Å². The average Bonchev–Trinajstić information content (AvgIpc) is 2.90. The summed E-state index contributed by atoms with van der Waals surface area (Å²) in [6.07, 6.45) is 2.11. The molecule has 38 heavy (non-hydrogen) atoms. The highest BCUT2D eigenvalue weighted by Crippen LogP contribution is 2.39. The van der Waals surface area contributed by atoms with Crippen molar-refractivity contribution in [2.75, 3.05) is 57.8 Å². The van der Waals surface area contributed by atoms with Gasteiger partial charge in [0.15, 0.2) is 29.0 Å². The third-order valence-electron chi connectivity index (χ3n) is 6.69. The van der Waals surface area contributed by atoms with Crippen molar-refractivity contribution in [3.8, 4) is 22.8 Å². The number of anilines is 2. The van der Waals surface area contributed by atoms with Crippen molar-refractivity contribution in [1.29, 1.82) is 0 Å². The first kappa shape index (κ1) is 25.6. The Hall–Kier alpha value is -4.00. The summed E-state index contributed by atoms with van der Waals surface area (Å²) in [5.41, 5.74) is 9.04. The number of nitrogens with one attached hydrogen (secondary N) is 1. The van der Waals surface area contributed by atoms with Gasteiger partial charge in [0.25, 0.3) is 0 Å². The first-order chi connectivity index (χ1) is 18.5. The topological polar surface area (TPSA) is 140 Å². The molecular weight excluding hydrogens is 502 g/mol. The van der Waals surface area contributed by atoms with Crippen LogP contribution in [-0.4, -0.2) is 80.8 Å². The highest BCUT2D eigenvalue weighted by atomic mass is 19.1. The second kappa shape index (κ2) is 10.8. The van der Waals surface area contributed by atoms with Crippen molar-refractivity contribution < 1.29 is 27.7 Å². The van der Waals surface area contributed by atoms with E-state index in [-0.39, 0.29) is 46.9 Å². The summed E-state index contributed by atoms with van der Waals surface area (Å²) in [6.45, 7) is 1.87. The van der Waals surface area contributed by atoms with Crippen LogP contribution in [0, 0.1) is 11.6 Å². The number of methoxy groups -OCH3 is 3. The first-order valence-electron chi connectivity index (χ1n) is 11.9. The van der Waals surface area contributed by atoms with E-state index in [1.807, 2.05) is 4.90 Å². The van der Waals surface area contributed by atoms with E-state index in [0.29, 0.717) is 49.4 Å². The molecule has 0 aliphatic carbocycles. The van der Waals surface area contributed by atoms with E-state index in [4.69, 9.17) is 24.5 Å². The van der Waals surface area contributed by atoms with Gasteiger partial charge in [-0.15, -0.1) is 0 Å². The number of azide groups is 1. The summed E-state index contributed by atoms with van der Waals surface area (Å²) in [4.78, 5) is 18.5. The third-order valence-corrected chi connectivity index (χ3v) is 6.69. The lowest BCUT2D eigenvalue weighted by molar-refractivity contribution is 0.0766. The van der Waals surface area contributed by atoms with E-state index in [2.05, 4.69) is 30.3 Å². The van der Waals surface area contributed by atoms with Gasteiger partial charge in [-0.25, -0.2) is 23.7 Å². The minimum Gasteiger partial charge on any atom is -0.494 e. The number of rotatable bonds is 8. The second-order valence-electron chi connectivity index (χ2n) is 8.90. The highest BCUT2D eigenvalue weighted by molar-refractivity contribution is 5.92. The van der Waals surface area contributed by atoms with Crippen LogP contribution in [0.5, 0.6) is 11.5 Å². The van der Waals surface area contributed by atoms with Crippen LogP contribution in [0.2, 0.25) is 0 Å². The zero-order valence-electron chi connectivity index (χ0n) is 21.0. The van der Waals surface area contributed by atoms with E-state index in [9.17, 15) is 0 Å². The molecule has 3 aromatic rings. The van der Waals surface area contributed by atoms with Gasteiger partial charge in [-0.1, -0.05) is 5.11 Å².